The Labute approximate surface area is 195 Å². The van der Waals surface area contributed by atoms with Crippen LogP contribution in [0.15, 0.2) is 23.2 Å². The van der Waals surface area contributed by atoms with Crippen LogP contribution in [0.2, 0.25) is 0 Å². The molecule has 0 radical (unpaired) electrons. The third-order valence-electron chi connectivity index (χ3n) is 5.62. The second kappa shape index (κ2) is 10.3. The van der Waals surface area contributed by atoms with E-state index in [0.717, 1.165) is 0 Å². The van der Waals surface area contributed by atoms with Crippen molar-refractivity contribution in [2.75, 3.05) is 57.4 Å². The van der Waals surface area contributed by atoms with Gasteiger partial charge in [0.2, 0.25) is 15.9 Å². The molecule has 2 saturated heterocycles. The van der Waals surface area contributed by atoms with Crippen LogP contribution in [0.25, 0.3) is 0 Å². The van der Waals surface area contributed by atoms with Gasteiger partial charge < -0.3 is 15.0 Å². The van der Waals surface area contributed by atoms with Crippen molar-refractivity contribution in [3.05, 3.63) is 18.3 Å². The Morgan fingerprint density at radius 3 is 2.24 bits per heavy atom. The van der Waals surface area contributed by atoms with E-state index in [4.69, 9.17) is 4.74 Å². The molecular formula is C21H34N6O5S. The lowest BCUT2D eigenvalue weighted by Gasteiger charge is -2.38. The van der Waals surface area contributed by atoms with E-state index in [1.54, 1.807) is 19.1 Å². The maximum Gasteiger partial charge on any atom is 0.321 e. The van der Waals surface area contributed by atoms with Crippen LogP contribution in [0.4, 0.5) is 10.6 Å². The lowest BCUT2D eigenvalue weighted by molar-refractivity contribution is -0.124. The summed E-state index contributed by atoms with van der Waals surface area (Å²) in [7, 11) is -3.57. The fraction of sp³-hybridized carbons (Fsp3) is 0.667. The molecule has 2 aliphatic heterocycles. The summed E-state index contributed by atoms with van der Waals surface area (Å²) >= 11 is 0. The van der Waals surface area contributed by atoms with Gasteiger partial charge in [0.25, 0.3) is 0 Å². The Kier molecular flexibility index (Phi) is 7.93. The fourth-order valence-electron chi connectivity index (χ4n) is 3.74. The molecule has 3 amide bonds. The van der Waals surface area contributed by atoms with Gasteiger partial charge in [-0.2, -0.15) is 4.31 Å². The number of piperazine rings is 1. The second-order valence-electron chi connectivity index (χ2n) is 9.26. The Bertz CT molecular complexity index is 933. The van der Waals surface area contributed by atoms with Gasteiger partial charge in [-0.05, 0) is 39.8 Å². The molecule has 0 aromatic carbocycles. The highest BCUT2D eigenvalue weighted by atomic mass is 32.2. The van der Waals surface area contributed by atoms with Gasteiger partial charge in [0.05, 0.1) is 19.3 Å². The first-order valence-electron chi connectivity index (χ1n) is 11.1. The summed E-state index contributed by atoms with van der Waals surface area (Å²) in [5.41, 5.74) is -0.427. The largest absolute Gasteiger partial charge is 0.379 e. The van der Waals surface area contributed by atoms with Crippen molar-refractivity contribution in [3.63, 3.8) is 0 Å². The minimum atomic E-state index is -3.57. The summed E-state index contributed by atoms with van der Waals surface area (Å²) in [6, 6.07) is 2.35. The number of nitrogens with one attached hydrogen (secondary N) is 2. The predicted molar refractivity (Wildman–Crippen MR) is 123 cm³/mol. The highest BCUT2D eigenvalue weighted by molar-refractivity contribution is 7.89. The summed E-state index contributed by atoms with van der Waals surface area (Å²) in [5.74, 6) is 0.346. The molecule has 33 heavy (non-hydrogen) atoms. The number of hydrogen-bond acceptors (Lipinski definition) is 8. The van der Waals surface area contributed by atoms with Crippen molar-refractivity contribution < 1.29 is 22.7 Å². The summed E-state index contributed by atoms with van der Waals surface area (Å²) in [5, 5.41) is 5.11. The lowest BCUT2D eigenvalue weighted by atomic mass is 10.1. The number of hydrogen-bond donors (Lipinski definition) is 2. The zero-order valence-electron chi connectivity index (χ0n) is 19.7. The van der Waals surface area contributed by atoms with E-state index in [1.165, 1.54) is 10.5 Å². The Hall–Kier alpha value is -2.28. The molecule has 1 aromatic rings. The Morgan fingerprint density at radius 2 is 1.70 bits per heavy atom. The van der Waals surface area contributed by atoms with Crippen LogP contribution in [-0.2, 0) is 19.6 Å². The van der Waals surface area contributed by atoms with E-state index < -0.39 is 27.6 Å². The van der Waals surface area contributed by atoms with E-state index in [0.29, 0.717) is 58.3 Å². The van der Waals surface area contributed by atoms with Crippen LogP contribution < -0.4 is 15.5 Å². The van der Waals surface area contributed by atoms with Crippen LogP contribution in [0.1, 0.15) is 27.7 Å². The Morgan fingerprint density at radius 1 is 1.06 bits per heavy atom. The third kappa shape index (κ3) is 6.62. The van der Waals surface area contributed by atoms with Crippen molar-refractivity contribution in [3.8, 4) is 0 Å². The van der Waals surface area contributed by atoms with Gasteiger partial charge in [0, 0.05) is 51.0 Å². The third-order valence-corrected chi connectivity index (χ3v) is 7.50. The number of ether oxygens (including phenoxy) is 1. The number of aromatic nitrogens is 1. The van der Waals surface area contributed by atoms with Gasteiger partial charge in [0.15, 0.2) is 0 Å². The molecule has 1 unspecified atom stereocenters. The molecule has 184 valence electrons. The summed E-state index contributed by atoms with van der Waals surface area (Å²) in [6.07, 6.45) is 1.40. The van der Waals surface area contributed by atoms with Crippen LogP contribution >= 0.6 is 0 Å². The van der Waals surface area contributed by atoms with Crippen LogP contribution in [0.3, 0.4) is 0 Å². The topological polar surface area (TPSA) is 124 Å². The van der Waals surface area contributed by atoms with E-state index >= 15 is 0 Å². The van der Waals surface area contributed by atoms with Gasteiger partial charge >= 0.3 is 6.03 Å². The number of carbonyl (C=O) groups is 2. The van der Waals surface area contributed by atoms with Crippen molar-refractivity contribution in [1.29, 1.82) is 0 Å². The predicted octanol–water partition coefficient (Wildman–Crippen LogP) is 0.237. The molecule has 0 spiro atoms. The number of sulfonamides is 1. The van der Waals surface area contributed by atoms with Crippen molar-refractivity contribution in [2.24, 2.45) is 0 Å². The van der Waals surface area contributed by atoms with E-state index in [1.807, 2.05) is 25.7 Å². The number of pyridine rings is 1. The zero-order chi connectivity index (χ0) is 24.2. The van der Waals surface area contributed by atoms with Gasteiger partial charge in [-0.3, -0.25) is 15.0 Å². The molecule has 0 aliphatic carbocycles. The normalized spacial score (nSPS) is 19.7. The average Bonchev–Trinajstić information content (AvgIpc) is 2.78. The van der Waals surface area contributed by atoms with Crippen LogP contribution in [0, 0.1) is 0 Å². The second-order valence-corrected chi connectivity index (χ2v) is 11.2. The monoisotopic (exact) mass is 482 g/mol. The van der Waals surface area contributed by atoms with Gasteiger partial charge in [-0.15, -0.1) is 0 Å². The molecule has 0 bridgehead atoms. The van der Waals surface area contributed by atoms with Gasteiger partial charge in [-0.25, -0.2) is 18.2 Å². The van der Waals surface area contributed by atoms with Crippen LogP contribution in [0.5, 0.6) is 0 Å². The minimum Gasteiger partial charge on any atom is -0.379 e. The number of carbonyl (C=O) groups excluding carboxylic acids is 2. The molecule has 2 fully saturated rings. The lowest BCUT2D eigenvalue weighted by Crippen LogP contribution is -2.56. The summed E-state index contributed by atoms with van der Waals surface area (Å²) in [4.78, 5) is 33.0. The molecule has 3 rings (SSSR count). The number of imide groups is 1. The smallest absolute Gasteiger partial charge is 0.321 e. The van der Waals surface area contributed by atoms with E-state index in [9.17, 15) is 18.0 Å². The SMILES string of the molecule is CC(C(=O)NC(=O)NC(C)(C)C)N1CCN(c2ccc(S(=O)(=O)N3CCOCC3)cn2)CC1. The number of amides is 3. The molecule has 11 nitrogen and oxygen atoms in total. The van der Waals surface area contributed by atoms with E-state index in [2.05, 4.69) is 20.5 Å². The first kappa shape index (κ1) is 25.3. The maximum atomic E-state index is 12.8. The molecule has 1 atom stereocenters. The first-order valence-corrected chi connectivity index (χ1v) is 12.6. The molecule has 1 aromatic heterocycles. The first-order chi connectivity index (χ1) is 15.5. The number of morpholine rings is 1. The molecule has 12 heteroatoms. The Balaban J connectivity index is 1.53. The average molecular weight is 483 g/mol. The van der Waals surface area contributed by atoms with Crippen molar-refractivity contribution >= 4 is 27.8 Å². The number of nitrogens with zero attached hydrogens (tertiary/aromatic N) is 4. The number of anilines is 1. The van der Waals surface area contributed by atoms with E-state index in [-0.39, 0.29) is 10.8 Å². The number of urea groups is 1. The molecule has 3 heterocycles. The minimum absolute atomic E-state index is 0.172. The summed E-state index contributed by atoms with van der Waals surface area (Å²) < 4.78 is 32.2. The van der Waals surface area contributed by atoms with Crippen molar-refractivity contribution in [2.45, 2.75) is 44.2 Å². The number of rotatable bonds is 5. The standard InChI is InChI=1S/C21H34N6O5S/c1-16(19(28)23-20(29)24-21(2,3)4)25-7-9-26(10-8-25)18-6-5-17(15-22-18)33(30,31)27-11-13-32-14-12-27/h5-6,15-16H,7-14H2,1-4H3,(H2,23,24,28,29). The zero-order valence-corrected chi connectivity index (χ0v) is 20.5. The molecule has 2 N–H and O–H groups in total. The molecule has 2 aliphatic rings. The quantitative estimate of drug-likeness (QED) is 0.612. The molecule has 0 saturated carbocycles. The van der Waals surface area contributed by atoms with Crippen molar-refractivity contribution in [1.82, 2.24) is 24.8 Å². The highest BCUT2D eigenvalue weighted by Gasteiger charge is 2.29. The highest BCUT2D eigenvalue weighted by Crippen LogP contribution is 2.20. The van der Waals surface area contributed by atoms with Gasteiger partial charge in [-0.1, -0.05) is 0 Å². The van der Waals surface area contributed by atoms with Gasteiger partial charge in [0.1, 0.15) is 10.7 Å². The maximum absolute atomic E-state index is 12.8. The van der Waals surface area contributed by atoms with Crippen LogP contribution in [-0.4, -0.2) is 98.6 Å². The summed E-state index contributed by atoms with van der Waals surface area (Å²) in [6.45, 7) is 11.3. The fourth-order valence-corrected chi connectivity index (χ4v) is 5.09. The molecular weight excluding hydrogens is 448 g/mol.